The van der Waals surface area contributed by atoms with Gasteiger partial charge in [0.2, 0.25) is 0 Å². The summed E-state index contributed by atoms with van der Waals surface area (Å²) in [6, 6.07) is 0. The van der Waals surface area contributed by atoms with Crippen LogP contribution in [-0.4, -0.2) is 10.4 Å². The Morgan fingerprint density at radius 1 is 0.742 bits per heavy atom. The van der Waals surface area contributed by atoms with Gasteiger partial charge in [-0.1, -0.05) is 118 Å². The molecule has 1 heterocycles. The van der Waals surface area contributed by atoms with Crippen molar-refractivity contribution < 1.29 is 4.79 Å². The monoisotopic (exact) mass is 430 g/mol. The van der Waals surface area contributed by atoms with Crippen LogP contribution < -0.4 is 0 Å². The van der Waals surface area contributed by atoms with E-state index in [0.29, 0.717) is 12.2 Å². The summed E-state index contributed by atoms with van der Waals surface area (Å²) < 4.78 is 2.15. The highest BCUT2D eigenvalue weighted by molar-refractivity contribution is 5.98. The maximum Gasteiger partial charge on any atom is 0.164 e. The Hall–Kier alpha value is -1.05. The van der Waals surface area contributed by atoms with Crippen LogP contribution in [0, 0.1) is 25.5 Å². The van der Waals surface area contributed by atoms with Gasteiger partial charge in [0.1, 0.15) is 0 Å². The third kappa shape index (κ3) is 12.5. The number of unbranched alkanes of at least 4 members (excludes halogenated alkanes) is 14. The van der Waals surface area contributed by atoms with E-state index in [9.17, 15) is 4.79 Å². The number of ketones is 1. The third-order valence-corrected chi connectivity index (χ3v) is 6.36. The molecular weight excluding hydrogens is 378 g/mol. The SMILES string of the molecule is CCCCCCCCCCCCCCCCCC(=O)c1c(C)[c]n(CC(C)(C)C)c1C. The number of hydrogen-bond acceptors (Lipinski definition) is 1. The Kier molecular flexibility index (Phi) is 14.2. The van der Waals surface area contributed by atoms with Crippen molar-refractivity contribution in [2.75, 3.05) is 0 Å². The molecule has 0 amide bonds. The van der Waals surface area contributed by atoms with E-state index in [1.807, 2.05) is 6.92 Å². The van der Waals surface area contributed by atoms with Crippen LogP contribution in [0.15, 0.2) is 0 Å². The van der Waals surface area contributed by atoms with Crippen LogP contribution >= 0.6 is 0 Å². The highest BCUT2D eigenvalue weighted by atomic mass is 16.1. The molecule has 0 N–H and O–H groups in total. The van der Waals surface area contributed by atoms with Gasteiger partial charge in [0.15, 0.2) is 5.78 Å². The predicted octanol–water partition coefficient (Wildman–Crippen LogP) is 9.40. The van der Waals surface area contributed by atoms with Gasteiger partial charge >= 0.3 is 0 Å². The van der Waals surface area contributed by atoms with E-state index in [1.165, 1.54) is 89.9 Å². The molecule has 0 unspecified atom stereocenters. The van der Waals surface area contributed by atoms with Crippen molar-refractivity contribution in [3.8, 4) is 0 Å². The summed E-state index contributed by atoms with van der Waals surface area (Å²) in [5, 5.41) is 0. The zero-order chi connectivity index (χ0) is 23.1. The smallest absolute Gasteiger partial charge is 0.164 e. The van der Waals surface area contributed by atoms with Crippen LogP contribution in [0.5, 0.6) is 0 Å². The van der Waals surface area contributed by atoms with Gasteiger partial charge in [0, 0.05) is 24.2 Å². The van der Waals surface area contributed by atoms with Crippen molar-refractivity contribution in [3.05, 3.63) is 23.0 Å². The van der Waals surface area contributed by atoms with Crippen LogP contribution in [0.3, 0.4) is 0 Å². The minimum Gasteiger partial charge on any atom is -0.342 e. The highest BCUT2D eigenvalue weighted by Gasteiger charge is 2.20. The van der Waals surface area contributed by atoms with E-state index >= 15 is 0 Å². The molecule has 0 bridgehead atoms. The molecule has 2 heteroatoms. The standard InChI is InChI=1S/C29H52NO/c1-7-8-9-10-11-12-13-14-15-16-17-18-19-20-21-22-27(31)28-25(2)23-30(26(28)3)24-29(4,5)6/h7-22,24H2,1-6H3. The van der Waals surface area contributed by atoms with Gasteiger partial charge in [0.25, 0.3) is 0 Å². The average molecular weight is 431 g/mol. The summed E-state index contributed by atoms with van der Waals surface area (Å²) in [6.07, 6.45) is 24.5. The quantitative estimate of drug-likeness (QED) is 0.168. The summed E-state index contributed by atoms with van der Waals surface area (Å²) in [7, 11) is 0. The Balaban J connectivity index is 2.07. The number of aryl methyl sites for hydroxylation is 1. The fraction of sp³-hybridized carbons (Fsp3) is 0.828. The fourth-order valence-electron chi connectivity index (χ4n) is 4.57. The van der Waals surface area contributed by atoms with Gasteiger partial charge in [-0.3, -0.25) is 4.79 Å². The molecular formula is C29H52NO. The van der Waals surface area contributed by atoms with Gasteiger partial charge in [-0.2, -0.15) is 0 Å². The molecule has 31 heavy (non-hydrogen) atoms. The van der Waals surface area contributed by atoms with Crippen molar-refractivity contribution in [3.63, 3.8) is 0 Å². The van der Waals surface area contributed by atoms with Crippen molar-refractivity contribution in [2.45, 2.75) is 151 Å². The summed E-state index contributed by atoms with van der Waals surface area (Å²) in [5.41, 5.74) is 3.24. The number of aromatic nitrogens is 1. The Morgan fingerprint density at radius 3 is 1.58 bits per heavy atom. The molecule has 0 aromatic carbocycles. The molecule has 0 aliphatic carbocycles. The Morgan fingerprint density at radius 2 is 1.16 bits per heavy atom. The Labute approximate surface area is 194 Å². The van der Waals surface area contributed by atoms with Crippen molar-refractivity contribution >= 4 is 5.78 Å². The number of hydrogen-bond donors (Lipinski definition) is 0. The first kappa shape index (κ1) is 28.0. The molecule has 1 aromatic rings. The normalized spacial score (nSPS) is 11.9. The van der Waals surface area contributed by atoms with Crippen molar-refractivity contribution in [1.29, 1.82) is 0 Å². The van der Waals surface area contributed by atoms with Crippen molar-refractivity contribution in [2.24, 2.45) is 5.41 Å². The van der Waals surface area contributed by atoms with E-state index < -0.39 is 0 Å². The molecule has 0 aliphatic rings. The highest BCUT2D eigenvalue weighted by Crippen LogP contribution is 2.24. The first-order chi connectivity index (χ1) is 14.8. The number of nitrogens with zero attached hydrogens (tertiary/aromatic N) is 1. The summed E-state index contributed by atoms with van der Waals surface area (Å²) in [5.74, 6) is 0.314. The second kappa shape index (κ2) is 15.7. The molecule has 1 aromatic heterocycles. The van der Waals surface area contributed by atoms with Gasteiger partial charge in [-0.15, -0.1) is 0 Å². The lowest BCUT2D eigenvalue weighted by molar-refractivity contribution is 0.0977. The lowest BCUT2D eigenvalue weighted by atomic mass is 9.96. The average Bonchev–Trinajstić information content (AvgIpc) is 2.96. The van der Waals surface area contributed by atoms with Gasteiger partial charge in [-0.05, 0) is 31.2 Å². The zero-order valence-electron chi connectivity index (χ0n) is 21.9. The molecule has 179 valence electrons. The molecule has 0 aliphatic heterocycles. The van der Waals surface area contributed by atoms with Gasteiger partial charge < -0.3 is 4.57 Å². The van der Waals surface area contributed by atoms with Crippen LogP contribution in [0.4, 0.5) is 0 Å². The minimum absolute atomic E-state index is 0.196. The number of carbonyl (C=O) groups is 1. The summed E-state index contributed by atoms with van der Waals surface area (Å²) in [4.78, 5) is 12.8. The van der Waals surface area contributed by atoms with E-state index in [2.05, 4.69) is 45.4 Å². The third-order valence-electron chi connectivity index (χ3n) is 6.36. The number of carbonyl (C=O) groups excluding carboxylic acids is 1. The second-order valence-corrected chi connectivity index (χ2v) is 11.0. The lowest BCUT2D eigenvalue weighted by Crippen LogP contribution is -2.16. The Bertz CT molecular complexity index is 605. The molecule has 1 rings (SSSR count). The topological polar surface area (TPSA) is 22.0 Å². The molecule has 0 fully saturated rings. The van der Waals surface area contributed by atoms with E-state index in [1.54, 1.807) is 0 Å². The number of rotatable bonds is 18. The predicted molar refractivity (Wildman–Crippen MR) is 136 cm³/mol. The van der Waals surface area contributed by atoms with Crippen LogP contribution in [-0.2, 0) is 6.54 Å². The number of Topliss-reactive ketones (excluding diaryl/α,β-unsaturated/α-hetero) is 1. The van der Waals surface area contributed by atoms with E-state index in [4.69, 9.17) is 0 Å². The van der Waals surface area contributed by atoms with Gasteiger partial charge in [-0.25, -0.2) is 0 Å². The van der Waals surface area contributed by atoms with Gasteiger partial charge in [0.05, 0.1) is 6.20 Å². The molecule has 2 nitrogen and oxygen atoms in total. The summed E-state index contributed by atoms with van der Waals surface area (Å²) >= 11 is 0. The van der Waals surface area contributed by atoms with Crippen LogP contribution in [0.2, 0.25) is 0 Å². The zero-order valence-corrected chi connectivity index (χ0v) is 21.9. The lowest BCUT2D eigenvalue weighted by Gasteiger charge is -2.20. The second-order valence-electron chi connectivity index (χ2n) is 11.0. The molecule has 0 saturated heterocycles. The van der Waals surface area contributed by atoms with Crippen LogP contribution in [0.1, 0.15) is 152 Å². The maximum atomic E-state index is 12.8. The first-order valence-electron chi connectivity index (χ1n) is 13.4. The molecule has 0 saturated carbocycles. The minimum atomic E-state index is 0.196. The molecule has 1 radical (unpaired) electrons. The van der Waals surface area contributed by atoms with Crippen LogP contribution in [0.25, 0.3) is 0 Å². The fourth-order valence-corrected chi connectivity index (χ4v) is 4.57. The molecule has 0 spiro atoms. The van der Waals surface area contributed by atoms with Crippen molar-refractivity contribution in [1.82, 2.24) is 4.57 Å². The maximum absolute atomic E-state index is 12.8. The van der Waals surface area contributed by atoms with E-state index in [-0.39, 0.29) is 5.41 Å². The first-order valence-corrected chi connectivity index (χ1v) is 13.4. The van der Waals surface area contributed by atoms with E-state index in [0.717, 1.165) is 29.8 Å². The molecule has 0 atom stereocenters. The largest absolute Gasteiger partial charge is 0.342 e. The summed E-state index contributed by atoms with van der Waals surface area (Å²) in [6.45, 7) is 14.0.